The summed E-state index contributed by atoms with van der Waals surface area (Å²) in [6.07, 6.45) is 3.30. The summed E-state index contributed by atoms with van der Waals surface area (Å²) in [7, 11) is 1.65. The summed E-state index contributed by atoms with van der Waals surface area (Å²) in [5.41, 5.74) is -0.111. The lowest BCUT2D eigenvalue weighted by molar-refractivity contribution is 0.182. The Hall–Kier alpha value is -2.84. The van der Waals surface area contributed by atoms with Crippen molar-refractivity contribution in [2.24, 2.45) is 0 Å². The fourth-order valence-electron chi connectivity index (χ4n) is 3.10. The first-order chi connectivity index (χ1) is 13.0. The number of carbonyl (C=O) groups excluding carboxylic acids is 1. The molecule has 9 heteroatoms. The topological polar surface area (TPSA) is 61.4 Å². The van der Waals surface area contributed by atoms with Crippen LogP contribution in [-0.2, 0) is 6.54 Å². The summed E-state index contributed by atoms with van der Waals surface area (Å²) in [5, 5.41) is 10.5. The van der Waals surface area contributed by atoms with Gasteiger partial charge in [0.1, 0.15) is 5.82 Å². The zero-order valence-electron chi connectivity index (χ0n) is 14.8. The van der Waals surface area contributed by atoms with Crippen LogP contribution in [-0.4, -0.2) is 47.3 Å². The third-order valence-electron chi connectivity index (χ3n) is 4.67. The Balaban J connectivity index is 1.59. The molecule has 0 aliphatic carbocycles. The lowest BCUT2D eigenvalue weighted by atomic mass is 10.0. The Labute approximate surface area is 155 Å². The molecule has 1 saturated heterocycles. The van der Waals surface area contributed by atoms with Crippen LogP contribution in [0.4, 0.5) is 23.8 Å². The quantitative estimate of drug-likeness (QED) is 0.830. The summed E-state index contributed by atoms with van der Waals surface area (Å²) >= 11 is 0. The van der Waals surface area contributed by atoms with E-state index in [9.17, 15) is 18.0 Å². The number of rotatable bonds is 4. The van der Waals surface area contributed by atoms with Crippen molar-refractivity contribution in [3.8, 4) is 0 Å². The van der Waals surface area contributed by atoms with Crippen LogP contribution in [0.1, 0.15) is 18.4 Å². The minimum atomic E-state index is -1.26. The minimum Gasteiger partial charge on any atom is -0.353 e. The summed E-state index contributed by atoms with van der Waals surface area (Å²) in [6, 6.07) is 4.42. The summed E-state index contributed by atoms with van der Waals surface area (Å²) in [6.45, 7) is 1.19. The van der Waals surface area contributed by atoms with Gasteiger partial charge in [0, 0.05) is 44.5 Å². The van der Waals surface area contributed by atoms with Crippen molar-refractivity contribution in [3.05, 3.63) is 53.5 Å². The summed E-state index contributed by atoms with van der Waals surface area (Å²) in [5.74, 6) is -2.56. The van der Waals surface area contributed by atoms with Crippen molar-refractivity contribution in [3.63, 3.8) is 0 Å². The van der Waals surface area contributed by atoms with Gasteiger partial charge in [0.2, 0.25) is 0 Å². The molecule has 0 unspecified atom stereocenters. The molecule has 144 valence electrons. The number of nitrogens with one attached hydrogen (secondary N) is 1. The average molecular weight is 379 g/mol. The minimum absolute atomic E-state index is 0.0597. The van der Waals surface area contributed by atoms with Crippen molar-refractivity contribution < 1.29 is 18.0 Å². The number of piperidine rings is 1. The number of amides is 2. The first kappa shape index (κ1) is 18.9. The van der Waals surface area contributed by atoms with Crippen LogP contribution in [0.3, 0.4) is 0 Å². The predicted molar refractivity (Wildman–Crippen MR) is 93.6 cm³/mol. The Morgan fingerprint density at radius 2 is 2.07 bits per heavy atom. The van der Waals surface area contributed by atoms with Gasteiger partial charge in [0.15, 0.2) is 17.5 Å². The van der Waals surface area contributed by atoms with E-state index in [-0.39, 0.29) is 18.2 Å². The van der Waals surface area contributed by atoms with E-state index >= 15 is 0 Å². The number of nitrogens with zero attached hydrogens (tertiary/aromatic N) is 4. The number of hydrogen-bond donors (Lipinski definition) is 1. The Morgan fingerprint density at radius 3 is 2.81 bits per heavy atom. The van der Waals surface area contributed by atoms with Crippen LogP contribution in [0, 0.1) is 17.5 Å². The van der Waals surface area contributed by atoms with Gasteiger partial charge < -0.3 is 15.1 Å². The highest BCUT2D eigenvalue weighted by Gasteiger charge is 2.27. The number of hydrogen-bond acceptors (Lipinski definition) is 4. The maximum absolute atomic E-state index is 13.7. The molecule has 2 heterocycles. The normalized spacial score (nSPS) is 16.9. The van der Waals surface area contributed by atoms with E-state index in [0.717, 1.165) is 31.3 Å². The predicted octanol–water partition coefficient (Wildman–Crippen LogP) is 2.70. The maximum Gasteiger partial charge on any atom is 0.317 e. The van der Waals surface area contributed by atoms with E-state index in [4.69, 9.17) is 0 Å². The SMILES string of the molecule is CN(C(=O)NCc1cc(F)c(F)cc1F)[C@@H]1CCCN(c2cccnn2)C1. The van der Waals surface area contributed by atoms with Gasteiger partial charge in [0.05, 0.1) is 6.04 Å². The molecule has 1 atom stereocenters. The molecule has 0 saturated carbocycles. The van der Waals surface area contributed by atoms with Crippen LogP contribution in [0.5, 0.6) is 0 Å². The third-order valence-corrected chi connectivity index (χ3v) is 4.67. The molecule has 1 N–H and O–H groups in total. The number of anilines is 1. The molecule has 1 aromatic heterocycles. The maximum atomic E-state index is 13.7. The number of halogens is 3. The molecular formula is C18H20F3N5O. The average Bonchev–Trinajstić information content (AvgIpc) is 2.69. The van der Waals surface area contributed by atoms with E-state index in [1.54, 1.807) is 24.2 Å². The highest BCUT2D eigenvalue weighted by Crippen LogP contribution is 2.20. The largest absolute Gasteiger partial charge is 0.353 e. The van der Waals surface area contributed by atoms with Crippen LogP contribution in [0.2, 0.25) is 0 Å². The number of aromatic nitrogens is 2. The zero-order valence-corrected chi connectivity index (χ0v) is 14.8. The van der Waals surface area contributed by atoms with Crippen molar-refractivity contribution in [2.45, 2.75) is 25.4 Å². The van der Waals surface area contributed by atoms with Crippen molar-refractivity contribution in [1.29, 1.82) is 0 Å². The van der Waals surface area contributed by atoms with Gasteiger partial charge in [-0.05, 0) is 31.0 Å². The summed E-state index contributed by atoms with van der Waals surface area (Å²) in [4.78, 5) is 16.0. The second-order valence-corrected chi connectivity index (χ2v) is 6.45. The molecule has 1 fully saturated rings. The molecule has 6 nitrogen and oxygen atoms in total. The molecule has 27 heavy (non-hydrogen) atoms. The monoisotopic (exact) mass is 379 g/mol. The smallest absolute Gasteiger partial charge is 0.317 e. The van der Waals surface area contributed by atoms with Gasteiger partial charge in [-0.2, -0.15) is 5.10 Å². The molecule has 3 rings (SSSR count). The number of likely N-dealkylation sites (N-methyl/N-ethyl adjacent to an activating group) is 1. The molecule has 0 radical (unpaired) electrons. The van der Waals surface area contributed by atoms with Crippen molar-refractivity contribution in [2.75, 3.05) is 25.0 Å². The third kappa shape index (κ3) is 4.47. The lowest BCUT2D eigenvalue weighted by Gasteiger charge is -2.37. The van der Waals surface area contributed by atoms with Gasteiger partial charge >= 0.3 is 6.03 Å². The van der Waals surface area contributed by atoms with E-state index in [0.29, 0.717) is 12.6 Å². The Morgan fingerprint density at radius 1 is 1.30 bits per heavy atom. The van der Waals surface area contributed by atoms with Gasteiger partial charge in [-0.3, -0.25) is 0 Å². The molecule has 1 aliphatic rings. The number of urea groups is 1. The first-order valence-corrected chi connectivity index (χ1v) is 8.62. The fraction of sp³-hybridized carbons (Fsp3) is 0.389. The van der Waals surface area contributed by atoms with E-state index in [2.05, 4.69) is 20.4 Å². The second kappa shape index (κ2) is 8.24. The standard InChI is InChI=1S/C18H20F3N5O/c1-25(13-4-3-7-26(11-13)17-5-2-6-23-24-17)18(27)22-10-12-8-15(20)16(21)9-14(12)19/h2,5-6,8-9,13H,3-4,7,10-11H2,1H3,(H,22,27)/t13-/m1/s1. The fourth-order valence-corrected chi connectivity index (χ4v) is 3.10. The molecule has 0 bridgehead atoms. The van der Waals surface area contributed by atoms with Gasteiger partial charge in [-0.1, -0.05) is 0 Å². The highest BCUT2D eigenvalue weighted by atomic mass is 19.2. The number of carbonyl (C=O) groups is 1. The van der Waals surface area contributed by atoms with Crippen LogP contribution in [0.15, 0.2) is 30.5 Å². The van der Waals surface area contributed by atoms with Gasteiger partial charge in [0.25, 0.3) is 0 Å². The molecular weight excluding hydrogens is 359 g/mol. The van der Waals surface area contributed by atoms with Gasteiger partial charge in [-0.15, -0.1) is 5.10 Å². The van der Waals surface area contributed by atoms with Crippen molar-refractivity contribution in [1.82, 2.24) is 20.4 Å². The lowest BCUT2D eigenvalue weighted by Crippen LogP contribution is -2.51. The number of benzene rings is 1. The summed E-state index contributed by atoms with van der Waals surface area (Å²) < 4.78 is 39.9. The zero-order chi connectivity index (χ0) is 19.4. The Kier molecular flexibility index (Phi) is 5.78. The van der Waals surface area contributed by atoms with E-state index in [1.807, 2.05) is 6.07 Å². The van der Waals surface area contributed by atoms with E-state index < -0.39 is 23.5 Å². The van der Waals surface area contributed by atoms with E-state index in [1.165, 1.54) is 0 Å². The van der Waals surface area contributed by atoms with Crippen LogP contribution in [0.25, 0.3) is 0 Å². The van der Waals surface area contributed by atoms with Crippen LogP contribution >= 0.6 is 0 Å². The second-order valence-electron chi connectivity index (χ2n) is 6.45. The molecule has 0 spiro atoms. The molecule has 1 aromatic carbocycles. The molecule has 2 amide bonds. The molecule has 1 aliphatic heterocycles. The van der Waals surface area contributed by atoms with Crippen molar-refractivity contribution >= 4 is 11.8 Å². The van der Waals surface area contributed by atoms with Gasteiger partial charge in [-0.25, -0.2) is 18.0 Å². The Bertz CT molecular complexity index is 805. The van der Waals surface area contributed by atoms with Crippen LogP contribution < -0.4 is 10.2 Å². The molecule has 2 aromatic rings. The highest BCUT2D eigenvalue weighted by molar-refractivity contribution is 5.74. The first-order valence-electron chi connectivity index (χ1n) is 8.62.